The zero-order chi connectivity index (χ0) is 28.8. The summed E-state index contributed by atoms with van der Waals surface area (Å²) in [7, 11) is 3.63. The van der Waals surface area contributed by atoms with Gasteiger partial charge in [0, 0.05) is 31.8 Å². The Balaban J connectivity index is 1.45. The van der Waals surface area contributed by atoms with Crippen molar-refractivity contribution < 1.29 is 4.79 Å². The summed E-state index contributed by atoms with van der Waals surface area (Å²) in [6.45, 7) is 2.63. The number of hydrazine groups is 1. The molecule has 0 aliphatic heterocycles. The fourth-order valence-corrected chi connectivity index (χ4v) is 4.65. The Morgan fingerprint density at radius 2 is 1.80 bits per heavy atom. The highest BCUT2D eigenvalue weighted by Crippen LogP contribution is 2.30. The molecule has 0 atom stereocenters. The number of aryl methyl sites for hydroxylation is 1. The number of carbonyl (C=O) groups is 1. The molecule has 0 bridgehead atoms. The smallest absolute Gasteiger partial charge is 0.261 e. The number of aromatic nitrogens is 6. The number of tetrazole rings is 1. The Labute approximate surface area is 237 Å². The van der Waals surface area contributed by atoms with Gasteiger partial charge in [0.25, 0.3) is 5.56 Å². The highest BCUT2D eigenvalue weighted by Gasteiger charge is 2.14. The lowest BCUT2D eigenvalue weighted by molar-refractivity contribution is -0.116. The Morgan fingerprint density at radius 3 is 2.51 bits per heavy atom. The predicted octanol–water partition coefficient (Wildman–Crippen LogP) is 3.64. The van der Waals surface area contributed by atoms with Gasteiger partial charge in [-0.2, -0.15) is 5.21 Å². The zero-order valence-corrected chi connectivity index (χ0v) is 23.4. The van der Waals surface area contributed by atoms with Crippen molar-refractivity contribution in [3.8, 4) is 22.5 Å². The number of benzene rings is 3. The maximum Gasteiger partial charge on any atom is 0.261 e. The van der Waals surface area contributed by atoms with Crippen LogP contribution in [0.4, 0.5) is 5.69 Å². The van der Waals surface area contributed by atoms with Gasteiger partial charge < -0.3 is 5.32 Å². The first-order valence-electron chi connectivity index (χ1n) is 13.6. The van der Waals surface area contributed by atoms with Gasteiger partial charge in [-0.1, -0.05) is 61.9 Å². The van der Waals surface area contributed by atoms with E-state index in [0.717, 1.165) is 40.9 Å². The average Bonchev–Trinajstić information content (AvgIpc) is 3.52. The number of nitrogens with zero attached hydrogens (tertiary/aromatic N) is 6. The quantitative estimate of drug-likeness (QED) is 0.212. The number of fused-ring (bicyclic) bond motifs is 1. The van der Waals surface area contributed by atoms with Crippen molar-refractivity contribution in [2.45, 2.75) is 32.7 Å². The molecule has 0 aliphatic rings. The summed E-state index contributed by atoms with van der Waals surface area (Å²) >= 11 is 0. The van der Waals surface area contributed by atoms with E-state index in [-0.39, 0.29) is 18.0 Å². The van der Waals surface area contributed by atoms with E-state index in [1.165, 1.54) is 0 Å². The molecule has 0 saturated carbocycles. The van der Waals surface area contributed by atoms with Gasteiger partial charge >= 0.3 is 0 Å². The molecule has 0 unspecified atom stereocenters. The van der Waals surface area contributed by atoms with Crippen molar-refractivity contribution in [3.05, 3.63) is 88.5 Å². The van der Waals surface area contributed by atoms with Crippen LogP contribution in [0.5, 0.6) is 0 Å². The van der Waals surface area contributed by atoms with E-state index in [0.29, 0.717) is 35.4 Å². The molecule has 3 N–H and O–H groups in total. The Bertz CT molecular complexity index is 1690. The normalized spacial score (nSPS) is 11.3. The van der Waals surface area contributed by atoms with E-state index < -0.39 is 0 Å². The number of amides is 1. The third-order valence-corrected chi connectivity index (χ3v) is 6.75. The molecule has 210 valence electrons. The van der Waals surface area contributed by atoms with E-state index >= 15 is 0 Å². The molecular formula is C30H33N9O2. The number of hydrogen-bond donors (Lipinski definition) is 3. The number of anilines is 1. The van der Waals surface area contributed by atoms with Crippen LogP contribution in [0.15, 0.2) is 71.5 Å². The lowest BCUT2D eigenvalue weighted by Gasteiger charge is -2.15. The van der Waals surface area contributed by atoms with Crippen LogP contribution in [-0.4, -0.2) is 61.7 Å². The molecule has 0 spiro atoms. The number of carbonyl (C=O) groups excluding carboxylic acids is 1. The molecule has 5 rings (SSSR count). The maximum absolute atomic E-state index is 13.8. The summed E-state index contributed by atoms with van der Waals surface area (Å²) in [6.07, 6.45) is 2.62. The summed E-state index contributed by atoms with van der Waals surface area (Å²) in [4.78, 5) is 31.0. The first-order valence-corrected chi connectivity index (χ1v) is 13.6. The average molecular weight is 552 g/mol. The molecular weight excluding hydrogens is 518 g/mol. The Kier molecular flexibility index (Phi) is 8.56. The summed E-state index contributed by atoms with van der Waals surface area (Å²) < 4.78 is 1.75. The van der Waals surface area contributed by atoms with Gasteiger partial charge in [0.2, 0.25) is 11.7 Å². The molecule has 0 saturated heterocycles. The van der Waals surface area contributed by atoms with Crippen molar-refractivity contribution in [1.29, 1.82) is 0 Å². The largest absolute Gasteiger partial charge is 0.325 e. The van der Waals surface area contributed by atoms with Gasteiger partial charge in [0.15, 0.2) is 0 Å². The van der Waals surface area contributed by atoms with E-state index in [2.05, 4.69) is 38.3 Å². The van der Waals surface area contributed by atoms with Gasteiger partial charge in [0.1, 0.15) is 5.82 Å². The van der Waals surface area contributed by atoms with Crippen LogP contribution in [0.3, 0.4) is 0 Å². The summed E-state index contributed by atoms with van der Waals surface area (Å²) in [5, 5.41) is 19.5. The molecule has 0 radical (unpaired) electrons. The molecule has 11 nitrogen and oxygen atoms in total. The standard InChI is InChI=1S/C30H33N9O2/c1-4-5-10-27-33-26-16-15-22(32-28(40)18-31-38(2)3)17-25(26)30(41)39(27)19-20-11-13-21(14-12-20)23-8-6-7-9-24(23)29-34-36-37-35-29/h6-9,11-17,31H,4-5,10,18-19H2,1-3H3,(H,32,40)(H,34,35,36,37). The SMILES string of the molecule is CCCCc1nc2ccc(NC(=O)CNN(C)C)cc2c(=O)n1Cc1ccc(-c2ccccc2-c2nn[nH]n2)cc1. The van der Waals surface area contributed by atoms with Gasteiger partial charge in [-0.15, -0.1) is 10.2 Å². The van der Waals surface area contributed by atoms with Crippen LogP contribution in [0.2, 0.25) is 0 Å². The van der Waals surface area contributed by atoms with Crippen LogP contribution in [0, 0.1) is 0 Å². The summed E-state index contributed by atoms with van der Waals surface area (Å²) in [5.74, 6) is 1.08. The van der Waals surface area contributed by atoms with E-state index in [1.807, 2.05) is 62.6 Å². The highest BCUT2D eigenvalue weighted by atomic mass is 16.2. The minimum atomic E-state index is -0.202. The van der Waals surface area contributed by atoms with Gasteiger partial charge in [0.05, 0.1) is 24.0 Å². The molecule has 1 amide bonds. The summed E-state index contributed by atoms with van der Waals surface area (Å²) in [6, 6.07) is 21.3. The van der Waals surface area contributed by atoms with Crippen molar-refractivity contribution in [2.75, 3.05) is 26.0 Å². The number of unbranched alkanes of at least 4 members (excludes halogenated alkanes) is 1. The third-order valence-electron chi connectivity index (χ3n) is 6.75. The molecule has 0 aliphatic carbocycles. The fraction of sp³-hybridized carbons (Fsp3) is 0.267. The minimum Gasteiger partial charge on any atom is -0.325 e. The second-order valence-corrected chi connectivity index (χ2v) is 10.0. The predicted molar refractivity (Wildman–Crippen MR) is 159 cm³/mol. The van der Waals surface area contributed by atoms with Crippen LogP contribution < -0.4 is 16.3 Å². The number of nitrogens with one attached hydrogen (secondary N) is 3. The number of aromatic amines is 1. The van der Waals surface area contributed by atoms with Crippen molar-refractivity contribution in [1.82, 2.24) is 40.6 Å². The van der Waals surface area contributed by atoms with Crippen molar-refractivity contribution in [3.63, 3.8) is 0 Å². The van der Waals surface area contributed by atoms with Crippen LogP contribution in [0.25, 0.3) is 33.4 Å². The van der Waals surface area contributed by atoms with Gasteiger partial charge in [-0.05, 0) is 46.5 Å². The lowest BCUT2D eigenvalue weighted by atomic mass is 9.98. The zero-order valence-electron chi connectivity index (χ0n) is 23.4. The summed E-state index contributed by atoms with van der Waals surface area (Å²) in [5.41, 5.74) is 7.84. The molecule has 5 aromatic rings. The second kappa shape index (κ2) is 12.6. The molecule has 11 heteroatoms. The minimum absolute atomic E-state index is 0.124. The van der Waals surface area contributed by atoms with E-state index in [1.54, 1.807) is 27.8 Å². The Morgan fingerprint density at radius 1 is 1.02 bits per heavy atom. The molecule has 0 fully saturated rings. The number of rotatable bonds is 11. The lowest BCUT2D eigenvalue weighted by Crippen LogP contribution is -2.37. The van der Waals surface area contributed by atoms with Crippen molar-refractivity contribution in [2.24, 2.45) is 0 Å². The van der Waals surface area contributed by atoms with Crippen LogP contribution >= 0.6 is 0 Å². The van der Waals surface area contributed by atoms with E-state index in [4.69, 9.17) is 4.98 Å². The molecule has 41 heavy (non-hydrogen) atoms. The monoisotopic (exact) mass is 551 g/mol. The first kappa shape index (κ1) is 27.8. The van der Waals surface area contributed by atoms with Gasteiger partial charge in [-0.25, -0.2) is 10.4 Å². The fourth-order valence-electron chi connectivity index (χ4n) is 4.65. The molecule has 2 aromatic heterocycles. The third kappa shape index (κ3) is 6.53. The van der Waals surface area contributed by atoms with Crippen LogP contribution in [0.1, 0.15) is 31.2 Å². The van der Waals surface area contributed by atoms with Crippen LogP contribution in [-0.2, 0) is 17.8 Å². The maximum atomic E-state index is 13.8. The number of H-pyrrole nitrogens is 1. The van der Waals surface area contributed by atoms with Gasteiger partial charge in [-0.3, -0.25) is 19.2 Å². The Hall–Kier alpha value is -4.74. The topological polar surface area (TPSA) is 134 Å². The van der Waals surface area contributed by atoms with Crippen molar-refractivity contribution >= 4 is 22.5 Å². The number of hydrogen-bond acceptors (Lipinski definition) is 8. The first-order chi connectivity index (χ1) is 19.9. The molecule has 3 aromatic carbocycles. The molecule has 2 heterocycles. The second-order valence-electron chi connectivity index (χ2n) is 10.0. The van der Waals surface area contributed by atoms with E-state index in [9.17, 15) is 9.59 Å². The highest BCUT2D eigenvalue weighted by molar-refractivity contribution is 5.94.